The number of carbonyl (C=O) groups is 2. The van der Waals surface area contributed by atoms with Gasteiger partial charge in [-0.1, -0.05) is 61.5 Å². The average Bonchev–Trinajstić information content (AvgIpc) is 3.15. The van der Waals surface area contributed by atoms with Gasteiger partial charge in [0.1, 0.15) is 5.69 Å². The first kappa shape index (κ1) is 20.1. The Labute approximate surface area is 167 Å². The summed E-state index contributed by atoms with van der Waals surface area (Å²) >= 11 is 0. The van der Waals surface area contributed by atoms with Crippen molar-refractivity contribution < 1.29 is 14.7 Å². The van der Waals surface area contributed by atoms with E-state index in [0.29, 0.717) is 6.42 Å². The van der Waals surface area contributed by atoms with Crippen molar-refractivity contribution in [2.75, 3.05) is 0 Å². The first-order valence-electron chi connectivity index (χ1n) is 9.38. The van der Waals surface area contributed by atoms with Gasteiger partial charge in [0.25, 0.3) is 5.91 Å². The van der Waals surface area contributed by atoms with Crippen LogP contribution in [-0.4, -0.2) is 33.0 Å². The average molecular weight is 393 g/mol. The molecule has 4 N–H and O–H groups in total. The predicted molar refractivity (Wildman–Crippen MR) is 110 cm³/mol. The smallest absolute Gasteiger partial charge is 0.323 e. The summed E-state index contributed by atoms with van der Waals surface area (Å²) in [7, 11) is 0. The molecule has 7 nitrogen and oxygen atoms in total. The standard InChI is InChI=1S/C22H23N3O4/c1-14(21(27)28)11-18(24-20(26)19-13-23-22(29)25-19)12-15-7-9-17(10-8-15)16-5-3-2-4-6-16/h2-10,13-14,18H,11-12H2,1H3,(H,24,26)(H,27,28)(H2,23,25,29). The maximum atomic E-state index is 12.4. The molecule has 2 aromatic carbocycles. The van der Waals surface area contributed by atoms with E-state index < -0.39 is 29.5 Å². The second kappa shape index (κ2) is 9.05. The Hall–Kier alpha value is -3.61. The molecule has 0 spiro atoms. The fourth-order valence-electron chi connectivity index (χ4n) is 3.19. The van der Waals surface area contributed by atoms with Crippen LogP contribution in [0.2, 0.25) is 0 Å². The number of aromatic amines is 2. The highest BCUT2D eigenvalue weighted by Crippen LogP contribution is 2.20. The molecule has 0 aliphatic carbocycles. The summed E-state index contributed by atoms with van der Waals surface area (Å²) in [5.41, 5.74) is 2.82. The van der Waals surface area contributed by atoms with Crippen LogP contribution in [0.4, 0.5) is 0 Å². The molecule has 2 unspecified atom stereocenters. The molecule has 2 atom stereocenters. The van der Waals surface area contributed by atoms with E-state index in [1.165, 1.54) is 6.20 Å². The van der Waals surface area contributed by atoms with E-state index in [1.807, 2.05) is 54.6 Å². The Balaban J connectivity index is 1.74. The first-order valence-corrected chi connectivity index (χ1v) is 9.38. The van der Waals surface area contributed by atoms with Crippen LogP contribution in [0, 0.1) is 5.92 Å². The van der Waals surface area contributed by atoms with Crippen LogP contribution in [0.3, 0.4) is 0 Å². The molecular weight excluding hydrogens is 370 g/mol. The van der Waals surface area contributed by atoms with E-state index >= 15 is 0 Å². The number of carboxylic acid groups (broad SMARTS) is 1. The van der Waals surface area contributed by atoms with Crippen molar-refractivity contribution >= 4 is 11.9 Å². The molecule has 29 heavy (non-hydrogen) atoms. The molecular formula is C22H23N3O4. The Morgan fingerprint density at radius 1 is 1.03 bits per heavy atom. The molecule has 1 aromatic heterocycles. The van der Waals surface area contributed by atoms with Crippen molar-refractivity contribution in [2.24, 2.45) is 5.92 Å². The summed E-state index contributed by atoms with van der Waals surface area (Å²) in [6.45, 7) is 1.61. The topological polar surface area (TPSA) is 115 Å². The van der Waals surface area contributed by atoms with Gasteiger partial charge >= 0.3 is 11.7 Å². The molecule has 0 saturated heterocycles. The van der Waals surface area contributed by atoms with E-state index in [-0.39, 0.29) is 12.1 Å². The Kier molecular flexibility index (Phi) is 6.29. The molecule has 150 valence electrons. The highest BCUT2D eigenvalue weighted by Gasteiger charge is 2.21. The van der Waals surface area contributed by atoms with E-state index in [2.05, 4.69) is 15.3 Å². The van der Waals surface area contributed by atoms with Gasteiger partial charge in [-0.15, -0.1) is 0 Å². The zero-order valence-electron chi connectivity index (χ0n) is 16.0. The summed E-state index contributed by atoms with van der Waals surface area (Å²) in [5, 5.41) is 12.1. The van der Waals surface area contributed by atoms with Gasteiger partial charge in [0.2, 0.25) is 0 Å². The molecule has 3 rings (SSSR count). The number of hydrogen-bond acceptors (Lipinski definition) is 3. The van der Waals surface area contributed by atoms with Crippen LogP contribution >= 0.6 is 0 Å². The van der Waals surface area contributed by atoms with Gasteiger partial charge < -0.3 is 20.4 Å². The minimum atomic E-state index is -0.918. The number of benzene rings is 2. The molecule has 0 fully saturated rings. The Morgan fingerprint density at radius 3 is 2.28 bits per heavy atom. The molecule has 0 radical (unpaired) electrons. The van der Waals surface area contributed by atoms with Gasteiger partial charge in [0, 0.05) is 12.2 Å². The van der Waals surface area contributed by atoms with Crippen molar-refractivity contribution in [2.45, 2.75) is 25.8 Å². The van der Waals surface area contributed by atoms with Gasteiger partial charge in [-0.05, 0) is 29.5 Å². The maximum Gasteiger partial charge on any atom is 0.323 e. The molecule has 7 heteroatoms. The number of rotatable bonds is 8. The van der Waals surface area contributed by atoms with Crippen molar-refractivity contribution in [1.82, 2.24) is 15.3 Å². The third-order valence-electron chi connectivity index (χ3n) is 4.78. The maximum absolute atomic E-state index is 12.4. The minimum absolute atomic E-state index is 0.113. The zero-order chi connectivity index (χ0) is 20.8. The van der Waals surface area contributed by atoms with Crippen molar-refractivity contribution in [3.05, 3.63) is 82.5 Å². The van der Waals surface area contributed by atoms with Gasteiger partial charge in [0.15, 0.2) is 0 Å². The fraction of sp³-hybridized carbons (Fsp3) is 0.227. The summed E-state index contributed by atoms with van der Waals surface area (Å²) in [6.07, 6.45) is 2.05. The number of hydrogen-bond donors (Lipinski definition) is 4. The van der Waals surface area contributed by atoms with E-state index in [4.69, 9.17) is 0 Å². The van der Waals surface area contributed by atoms with Crippen LogP contribution in [0.1, 0.15) is 29.4 Å². The minimum Gasteiger partial charge on any atom is -0.481 e. The summed E-state index contributed by atoms with van der Waals surface area (Å²) in [6, 6.07) is 17.6. The summed E-state index contributed by atoms with van der Waals surface area (Å²) < 4.78 is 0. The zero-order valence-corrected chi connectivity index (χ0v) is 16.0. The van der Waals surface area contributed by atoms with Gasteiger partial charge in [0.05, 0.1) is 5.92 Å². The van der Waals surface area contributed by atoms with Crippen LogP contribution in [-0.2, 0) is 11.2 Å². The van der Waals surface area contributed by atoms with Crippen molar-refractivity contribution in [3.8, 4) is 11.1 Å². The Bertz CT molecular complexity index is 1020. The predicted octanol–water partition coefficient (Wildman–Crippen LogP) is 2.82. The molecule has 1 amide bonds. The summed E-state index contributed by atoms with van der Waals surface area (Å²) in [5.74, 6) is -1.99. The van der Waals surface area contributed by atoms with Crippen LogP contribution in [0.15, 0.2) is 65.6 Å². The SMILES string of the molecule is CC(CC(Cc1ccc(-c2ccccc2)cc1)NC(=O)c1c[nH]c(=O)[nH]1)C(=O)O. The number of imidazole rings is 1. The fourth-order valence-corrected chi connectivity index (χ4v) is 3.19. The summed E-state index contributed by atoms with van der Waals surface area (Å²) in [4.78, 5) is 39.7. The highest BCUT2D eigenvalue weighted by molar-refractivity contribution is 5.92. The second-order valence-electron chi connectivity index (χ2n) is 7.07. The van der Waals surface area contributed by atoms with Crippen LogP contribution in [0.5, 0.6) is 0 Å². The number of aromatic nitrogens is 2. The molecule has 3 aromatic rings. The van der Waals surface area contributed by atoms with Crippen molar-refractivity contribution in [3.63, 3.8) is 0 Å². The Morgan fingerprint density at radius 2 is 1.69 bits per heavy atom. The lowest BCUT2D eigenvalue weighted by Gasteiger charge is -2.21. The normalized spacial score (nSPS) is 12.9. The van der Waals surface area contributed by atoms with E-state index in [0.717, 1.165) is 16.7 Å². The highest BCUT2D eigenvalue weighted by atomic mass is 16.4. The number of H-pyrrole nitrogens is 2. The number of amides is 1. The molecule has 0 saturated carbocycles. The third-order valence-corrected chi connectivity index (χ3v) is 4.78. The molecule has 0 aliphatic heterocycles. The quantitative estimate of drug-likeness (QED) is 0.471. The number of carbonyl (C=O) groups excluding carboxylic acids is 1. The lowest BCUT2D eigenvalue weighted by molar-refractivity contribution is -0.141. The van der Waals surface area contributed by atoms with Gasteiger partial charge in [-0.25, -0.2) is 4.79 Å². The first-order chi connectivity index (χ1) is 13.9. The van der Waals surface area contributed by atoms with Crippen LogP contribution in [0.25, 0.3) is 11.1 Å². The van der Waals surface area contributed by atoms with Crippen molar-refractivity contribution in [1.29, 1.82) is 0 Å². The molecule has 0 bridgehead atoms. The number of carboxylic acids is 1. The number of nitrogens with one attached hydrogen (secondary N) is 3. The monoisotopic (exact) mass is 393 g/mol. The van der Waals surface area contributed by atoms with Gasteiger partial charge in [-0.3, -0.25) is 9.59 Å². The van der Waals surface area contributed by atoms with E-state index in [1.54, 1.807) is 6.92 Å². The largest absolute Gasteiger partial charge is 0.481 e. The number of aliphatic carboxylic acids is 1. The molecule has 0 aliphatic rings. The van der Waals surface area contributed by atoms with E-state index in [9.17, 15) is 19.5 Å². The second-order valence-corrected chi connectivity index (χ2v) is 7.07. The van der Waals surface area contributed by atoms with Crippen LogP contribution < -0.4 is 11.0 Å². The van der Waals surface area contributed by atoms with Gasteiger partial charge in [-0.2, -0.15) is 0 Å². The lowest BCUT2D eigenvalue weighted by atomic mass is 9.95. The lowest BCUT2D eigenvalue weighted by Crippen LogP contribution is -2.39. The third kappa shape index (κ3) is 5.44. The molecule has 1 heterocycles.